The van der Waals surface area contributed by atoms with Gasteiger partial charge in [0.25, 0.3) is 0 Å². The van der Waals surface area contributed by atoms with Crippen LogP contribution in [0.5, 0.6) is 5.75 Å². The number of likely N-dealkylation sites (N-methyl/N-ethyl adjacent to an activating group) is 1. The molecule has 2 aromatic heterocycles. The third-order valence-electron chi connectivity index (χ3n) is 6.66. The number of methoxy groups -OCH3 is 1. The SMILES string of the molecule is COc1cc2c(cc1Nc1ncc3cnn(C4CCCC(CO)C4)c3n1)CN(C)CC2. The average Bonchev–Trinajstić information content (AvgIpc) is 3.22. The van der Waals surface area contributed by atoms with E-state index >= 15 is 0 Å². The molecule has 1 aromatic carbocycles. The minimum atomic E-state index is 0.241. The molecular formula is C23H30N6O2. The highest BCUT2D eigenvalue weighted by atomic mass is 16.5. The van der Waals surface area contributed by atoms with Gasteiger partial charge in [0.1, 0.15) is 5.75 Å². The average molecular weight is 423 g/mol. The number of fused-ring (bicyclic) bond motifs is 2. The molecule has 0 radical (unpaired) electrons. The first-order valence-electron chi connectivity index (χ1n) is 11.1. The summed E-state index contributed by atoms with van der Waals surface area (Å²) in [5.41, 5.74) is 4.35. The number of benzene rings is 1. The van der Waals surface area contributed by atoms with Crippen molar-refractivity contribution >= 4 is 22.7 Å². The lowest BCUT2D eigenvalue weighted by atomic mass is 9.86. The Morgan fingerprint density at radius 1 is 1.23 bits per heavy atom. The second kappa shape index (κ2) is 8.43. The topological polar surface area (TPSA) is 88.3 Å². The third kappa shape index (κ3) is 3.97. The van der Waals surface area contributed by atoms with E-state index in [9.17, 15) is 5.11 Å². The number of hydrogen-bond donors (Lipinski definition) is 2. The molecule has 1 fully saturated rings. The third-order valence-corrected chi connectivity index (χ3v) is 6.66. The Morgan fingerprint density at radius 3 is 2.97 bits per heavy atom. The summed E-state index contributed by atoms with van der Waals surface area (Å²) < 4.78 is 7.67. The Hall–Kier alpha value is -2.71. The molecule has 2 aliphatic rings. The Bertz CT molecular complexity index is 1080. The van der Waals surface area contributed by atoms with Crippen molar-refractivity contribution in [2.45, 2.75) is 44.7 Å². The number of hydrogen-bond acceptors (Lipinski definition) is 7. The second-order valence-corrected chi connectivity index (χ2v) is 8.86. The Labute approximate surface area is 182 Å². The molecule has 164 valence electrons. The van der Waals surface area contributed by atoms with Crippen molar-refractivity contribution in [3.05, 3.63) is 35.7 Å². The van der Waals surface area contributed by atoms with Crippen LogP contribution in [0.2, 0.25) is 0 Å². The van der Waals surface area contributed by atoms with Crippen LogP contribution in [0, 0.1) is 5.92 Å². The van der Waals surface area contributed by atoms with Crippen molar-refractivity contribution in [1.29, 1.82) is 0 Å². The first kappa shape index (κ1) is 20.2. The standard InChI is InChI=1S/C23H30N6O2/c1-28-7-6-16-10-21(31-2)20(9-17(16)13-28)26-23-24-11-18-12-25-29(22(18)27-23)19-5-3-4-15(8-19)14-30/h9-12,15,19,30H,3-8,13-14H2,1-2H3,(H,24,26,27). The van der Waals surface area contributed by atoms with Gasteiger partial charge < -0.3 is 20.1 Å². The van der Waals surface area contributed by atoms with Gasteiger partial charge in [-0.15, -0.1) is 0 Å². The molecule has 8 heteroatoms. The van der Waals surface area contributed by atoms with Gasteiger partial charge in [0.05, 0.1) is 30.4 Å². The maximum Gasteiger partial charge on any atom is 0.229 e. The lowest BCUT2D eigenvalue weighted by molar-refractivity contribution is 0.159. The van der Waals surface area contributed by atoms with E-state index < -0.39 is 0 Å². The van der Waals surface area contributed by atoms with E-state index in [4.69, 9.17) is 9.72 Å². The second-order valence-electron chi connectivity index (χ2n) is 8.86. The van der Waals surface area contributed by atoms with Crippen LogP contribution in [0.1, 0.15) is 42.9 Å². The Kier molecular flexibility index (Phi) is 5.50. The molecule has 0 spiro atoms. The molecule has 0 saturated heterocycles. The van der Waals surface area contributed by atoms with E-state index in [2.05, 4.69) is 39.5 Å². The van der Waals surface area contributed by atoms with Crippen molar-refractivity contribution in [3.8, 4) is 5.75 Å². The first-order chi connectivity index (χ1) is 15.1. The van der Waals surface area contributed by atoms with E-state index in [0.717, 1.165) is 67.7 Å². The first-order valence-corrected chi connectivity index (χ1v) is 11.1. The van der Waals surface area contributed by atoms with Gasteiger partial charge in [0, 0.05) is 25.9 Å². The van der Waals surface area contributed by atoms with Gasteiger partial charge in [-0.3, -0.25) is 0 Å². The fourth-order valence-electron chi connectivity index (χ4n) is 4.93. The summed E-state index contributed by atoms with van der Waals surface area (Å²) in [7, 11) is 3.84. The van der Waals surface area contributed by atoms with Crippen LogP contribution < -0.4 is 10.1 Å². The zero-order valence-corrected chi connectivity index (χ0v) is 18.2. The summed E-state index contributed by atoms with van der Waals surface area (Å²) in [4.78, 5) is 11.6. The highest BCUT2D eigenvalue weighted by Gasteiger charge is 2.25. The van der Waals surface area contributed by atoms with Gasteiger partial charge >= 0.3 is 0 Å². The van der Waals surface area contributed by atoms with Crippen molar-refractivity contribution in [2.75, 3.05) is 32.6 Å². The normalized spacial score (nSPS) is 21.8. The van der Waals surface area contributed by atoms with Gasteiger partial charge in [0.2, 0.25) is 5.95 Å². The van der Waals surface area contributed by atoms with Gasteiger partial charge in [0.15, 0.2) is 5.65 Å². The van der Waals surface area contributed by atoms with Crippen LogP contribution in [0.15, 0.2) is 24.5 Å². The fourth-order valence-corrected chi connectivity index (χ4v) is 4.93. The van der Waals surface area contributed by atoms with Crippen LogP contribution >= 0.6 is 0 Å². The van der Waals surface area contributed by atoms with E-state index in [-0.39, 0.29) is 12.6 Å². The van der Waals surface area contributed by atoms with Crippen molar-refractivity contribution in [2.24, 2.45) is 5.92 Å². The smallest absolute Gasteiger partial charge is 0.229 e. The van der Waals surface area contributed by atoms with E-state index in [1.54, 1.807) is 7.11 Å². The van der Waals surface area contributed by atoms with E-state index in [0.29, 0.717) is 11.9 Å². The highest BCUT2D eigenvalue weighted by Crippen LogP contribution is 2.35. The minimum Gasteiger partial charge on any atom is -0.495 e. The van der Waals surface area contributed by atoms with Crippen molar-refractivity contribution < 1.29 is 9.84 Å². The van der Waals surface area contributed by atoms with Crippen molar-refractivity contribution in [1.82, 2.24) is 24.6 Å². The number of nitrogens with zero attached hydrogens (tertiary/aromatic N) is 5. The summed E-state index contributed by atoms with van der Waals surface area (Å²) in [6.07, 6.45) is 8.87. The summed E-state index contributed by atoms with van der Waals surface area (Å²) in [5.74, 6) is 1.68. The van der Waals surface area contributed by atoms with Crippen LogP contribution in [-0.2, 0) is 13.0 Å². The molecule has 0 bridgehead atoms. The molecular weight excluding hydrogens is 392 g/mol. The lowest BCUT2D eigenvalue weighted by Gasteiger charge is -2.28. The van der Waals surface area contributed by atoms with E-state index in [1.165, 1.54) is 11.1 Å². The number of ether oxygens (including phenoxy) is 1. The van der Waals surface area contributed by atoms with Gasteiger partial charge in [-0.1, -0.05) is 6.42 Å². The van der Waals surface area contributed by atoms with Crippen molar-refractivity contribution in [3.63, 3.8) is 0 Å². The maximum absolute atomic E-state index is 9.60. The molecule has 1 aliphatic heterocycles. The van der Waals surface area contributed by atoms with Crippen LogP contribution in [0.4, 0.5) is 11.6 Å². The molecule has 2 N–H and O–H groups in total. The summed E-state index contributed by atoms with van der Waals surface area (Å²) in [5, 5.41) is 18.5. The number of anilines is 2. The van der Waals surface area contributed by atoms with Crippen LogP contribution in [-0.4, -0.2) is 57.1 Å². The number of aliphatic hydroxyl groups excluding tert-OH is 1. The molecule has 5 rings (SSSR count). The highest BCUT2D eigenvalue weighted by molar-refractivity contribution is 5.76. The predicted molar refractivity (Wildman–Crippen MR) is 120 cm³/mol. The van der Waals surface area contributed by atoms with Crippen LogP contribution in [0.25, 0.3) is 11.0 Å². The number of aliphatic hydroxyl groups is 1. The maximum atomic E-state index is 9.60. The van der Waals surface area contributed by atoms with Gasteiger partial charge in [-0.25, -0.2) is 9.67 Å². The summed E-state index contributed by atoms with van der Waals surface area (Å²) >= 11 is 0. The Balaban J connectivity index is 1.45. The molecule has 8 nitrogen and oxygen atoms in total. The minimum absolute atomic E-state index is 0.241. The summed E-state index contributed by atoms with van der Waals surface area (Å²) in [6.45, 7) is 2.23. The number of rotatable bonds is 5. The molecule has 2 atom stereocenters. The molecule has 2 unspecified atom stereocenters. The quantitative estimate of drug-likeness (QED) is 0.652. The predicted octanol–water partition coefficient (Wildman–Crippen LogP) is 3.29. The molecule has 3 aromatic rings. The molecule has 0 amide bonds. The zero-order valence-electron chi connectivity index (χ0n) is 18.2. The van der Waals surface area contributed by atoms with E-state index in [1.807, 2.05) is 17.1 Å². The number of aromatic nitrogens is 4. The zero-order chi connectivity index (χ0) is 21.4. The lowest BCUT2D eigenvalue weighted by Crippen LogP contribution is -2.26. The molecule has 1 saturated carbocycles. The fraction of sp³-hybridized carbons (Fsp3) is 0.522. The van der Waals surface area contributed by atoms with Gasteiger partial charge in [-0.2, -0.15) is 10.1 Å². The van der Waals surface area contributed by atoms with Crippen LogP contribution in [0.3, 0.4) is 0 Å². The van der Waals surface area contributed by atoms with Gasteiger partial charge in [-0.05, 0) is 61.9 Å². The monoisotopic (exact) mass is 422 g/mol. The molecule has 1 aliphatic carbocycles. The molecule has 3 heterocycles. The number of nitrogens with one attached hydrogen (secondary N) is 1. The summed E-state index contributed by atoms with van der Waals surface area (Å²) in [6, 6.07) is 4.55. The molecule has 31 heavy (non-hydrogen) atoms. The Morgan fingerprint density at radius 2 is 2.13 bits per heavy atom. The largest absolute Gasteiger partial charge is 0.495 e.